The van der Waals surface area contributed by atoms with Gasteiger partial charge in [-0.15, -0.1) is 0 Å². The van der Waals surface area contributed by atoms with Crippen molar-refractivity contribution in [2.45, 2.75) is 20.5 Å². The zero-order valence-corrected chi connectivity index (χ0v) is 8.94. The molecule has 1 aromatic rings. The number of methoxy groups -OCH3 is 1. The summed E-state index contributed by atoms with van der Waals surface area (Å²) in [6, 6.07) is 0. The molecule has 1 heterocycles. The average molecular weight is 200 g/mol. The number of hydrogen-bond acceptors (Lipinski definition) is 4. The first-order chi connectivity index (χ1) is 6.69. The largest absolute Gasteiger partial charge is 0.481 e. The molecule has 0 aromatic carbocycles. The molecule has 0 aliphatic carbocycles. The molecule has 1 aromatic heterocycles. The number of aromatic nitrogens is 2. The molecule has 0 amide bonds. The van der Waals surface area contributed by atoms with E-state index in [4.69, 9.17) is 9.84 Å². The van der Waals surface area contributed by atoms with E-state index in [0.29, 0.717) is 5.56 Å². The maximum Gasteiger partial charge on any atom is 0.350 e. The van der Waals surface area contributed by atoms with Crippen LogP contribution in [0.3, 0.4) is 0 Å². The summed E-state index contributed by atoms with van der Waals surface area (Å²) < 4.78 is 6.07. The van der Waals surface area contributed by atoms with Gasteiger partial charge in [0.25, 0.3) is 0 Å². The molecular weight excluding hydrogens is 184 g/mol. The van der Waals surface area contributed by atoms with Gasteiger partial charge in [0.2, 0.25) is 5.88 Å². The molecule has 0 saturated carbocycles. The summed E-state index contributed by atoms with van der Waals surface area (Å²) in [5.74, 6) is 0.181. The molecule has 14 heavy (non-hydrogen) atoms. The molecule has 0 spiro atoms. The second-order valence-corrected chi connectivity index (χ2v) is 2.33. The van der Waals surface area contributed by atoms with Gasteiger partial charge in [0, 0.05) is 13.2 Å². The Morgan fingerprint density at radius 2 is 2.14 bits per heavy atom. The number of nitrogens with zero attached hydrogens (tertiary/aromatic N) is 2. The van der Waals surface area contributed by atoms with E-state index >= 15 is 0 Å². The van der Waals surface area contributed by atoms with E-state index in [1.165, 1.54) is 17.9 Å². The van der Waals surface area contributed by atoms with Gasteiger partial charge >= 0.3 is 5.69 Å². The van der Waals surface area contributed by atoms with Gasteiger partial charge in [-0.1, -0.05) is 13.8 Å². The summed E-state index contributed by atoms with van der Waals surface area (Å²) in [5.41, 5.74) is 0.101. The van der Waals surface area contributed by atoms with Crippen LogP contribution in [0.15, 0.2) is 11.0 Å². The van der Waals surface area contributed by atoms with Crippen molar-refractivity contribution in [3.05, 3.63) is 22.2 Å². The number of aliphatic hydroxyl groups is 1. The van der Waals surface area contributed by atoms with Gasteiger partial charge in [0.15, 0.2) is 0 Å². The van der Waals surface area contributed by atoms with E-state index in [1.807, 2.05) is 13.8 Å². The molecule has 0 bridgehead atoms. The SMILES string of the molecule is CC.COc1nc(=O)n(C)cc1CO. The highest BCUT2D eigenvalue weighted by Crippen LogP contribution is 2.10. The number of rotatable bonds is 2. The minimum absolute atomic E-state index is 0.181. The Hall–Kier alpha value is -1.36. The second kappa shape index (κ2) is 6.15. The Labute approximate surface area is 83.0 Å². The Bertz CT molecular complexity index is 333. The van der Waals surface area contributed by atoms with Gasteiger partial charge in [-0.2, -0.15) is 4.98 Å². The molecule has 0 fully saturated rings. The summed E-state index contributed by atoms with van der Waals surface area (Å²) in [7, 11) is 2.97. The van der Waals surface area contributed by atoms with Crippen molar-refractivity contribution >= 4 is 0 Å². The number of aliphatic hydroxyl groups excluding tert-OH is 1. The van der Waals surface area contributed by atoms with E-state index in [-0.39, 0.29) is 12.5 Å². The molecule has 0 atom stereocenters. The fraction of sp³-hybridized carbons (Fsp3) is 0.556. The number of ether oxygens (including phenoxy) is 1. The van der Waals surface area contributed by atoms with Gasteiger partial charge in [-0.05, 0) is 0 Å². The fourth-order valence-corrected chi connectivity index (χ4v) is 0.867. The lowest BCUT2D eigenvalue weighted by molar-refractivity contribution is 0.269. The third kappa shape index (κ3) is 2.85. The minimum atomic E-state index is -0.399. The summed E-state index contributed by atoms with van der Waals surface area (Å²) >= 11 is 0. The van der Waals surface area contributed by atoms with Crippen molar-refractivity contribution in [2.24, 2.45) is 7.05 Å². The van der Waals surface area contributed by atoms with E-state index < -0.39 is 5.69 Å². The smallest absolute Gasteiger partial charge is 0.350 e. The molecule has 0 saturated heterocycles. The summed E-state index contributed by atoms with van der Waals surface area (Å²) in [5, 5.41) is 8.83. The lowest BCUT2D eigenvalue weighted by Crippen LogP contribution is -2.21. The number of hydrogen-bond donors (Lipinski definition) is 1. The molecule has 0 aliphatic rings. The van der Waals surface area contributed by atoms with E-state index in [2.05, 4.69) is 4.98 Å². The van der Waals surface area contributed by atoms with Crippen molar-refractivity contribution in [1.29, 1.82) is 0 Å². The lowest BCUT2D eigenvalue weighted by atomic mass is 10.3. The highest BCUT2D eigenvalue weighted by atomic mass is 16.5. The number of aryl methyl sites for hydroxylation is 1. The molecule has 0 aliphatic heterocycles. The average Bonchev–Trinajstić information content (AvgIpc) is 2.24. The molecular formula is C9H16N2O3. The third-order valence-corrected chi connectivity index (χ3v) is 1.49. The van der Waals surface area contributed by atoms with Gasteiger partial charge in [-0.3, -0.25) is 0 Å². The van der Waals surface area contributed by atoms with Crippen LogP contribution >= 0.6 is 0 Å². The standard InChI is InChI=1S/C7H10N2O3.C2H6/c1-9-3-5(4-10)6(12-2)8-7(9)11;1-2/h3,10H,4H2,1-2H3;1-2H3. The molecule has 0 radical (unpaired) electrons. The molecule has 1 N–H and O–H groups in total. The van der Waals surface area contributed by atoms with Crippen molar-refractivity contribution in [3.8, 4) is 5.88 Å². The Balaban J connectivity index is 0.000000791. The summed E-state index contributed by atoms with van der Waals surface area (Å²) in [6.45, 7) is 3.81. The predicted molar refractivity (Wildman–Crippen MR) is 53.3 cm³/mol. The fourth-order valence-electron chi connectivity index (χ4n) is 0.867. The van der Waals surface area contributed by atoms with Crippen LogP contribution < -0.4 is 10.4 Å². The Morgan fingerprint density at radius 1 is 1.57 bits per heavy atom. The minimum Gasteiger partial charge on any atom is -0.481 e. The van der Waals surface area contributed by atoms with Crippen LogP contribution in [-0.4, -0.2) is 21.8 Å². The molecule has 5 nitrogen and oxygen atoms in total. The van der Waals surface area contributed by atoms with Crippen molar-refractivity contribution in [1.82, 2.24) is 9.55 Å². The first kappa shape index (κ1) is 12.6. The first-order valence-corrected chi connectivity index (χ1v) is 4.40. The van der Waals surface area contributed by atoms with Gasteiger partial charge in [0.05, 0.1) is 19.3 Å². The van der Waals surface area contributed by atoms with Crippen molar-refractivity contribution in [3.63, 3.8) is 0 Å². The highest BCUT2D eigenvalue weighted by molar-refractivity contribution is 5.21. The van der Waals surface area contributed by atoms with E-state index in [1.54, 1.807) is 7.05 Å². The molecule has 0 unspecified atom stereocenters. The molecule has 5 heteroatoms. The van der Waals surface area contributed by atoms with Crippen LogP contribution in [0.25, 0.3) is 0 Å². The van der Waals surface area contributed by atoms with Crippen molar-refractivity contribution < 1.29 is 9.84 Å². The lowest BCUT2D eigenvalue weighted by Gasteiger charge is -2.05. The zero-order chi connectivity index (χ0) is 11.1. The van der Waals surface area contributed by atoms with Crippen LogP contribution in [-0.2, 0) is 13.7 Å². The predicted octanol–water partition coefficient (Wildman–Crippen LogP) is 0.307. The zero-order valence-electron chi connectivity index (χ0n) is 8.94. The Morgan fingerprint density at radius 3 is 2.57 bits per heavy atom. The van der Waals surface area contributed by atoms with Crippen LogP contribution in [0.1, 0.15) is 19.4 Å². The topological polar surface area (TPSA) is 64.3 Å². The van der Waals surface area contributed by atoms with Crippen LogP contribution in [0.2, 0.25) is 0 Å². The van der Waals surface area contributed by atoms with E-state index in [0.717, 1.165) is 0 Å². The quantitative estimate of drug-likeness (QED) is 0.746. The maximum absolute atomic E-state index is 11.0. The van der Waals surface area contributed by atoms with Crippen LogP contribution in [0, 0.1) is 0 Å². The summed E-state index contributed by atoms with van der Waals surface area (Å²) in [6.07, 6.45) is 1.49. The normalized spacial score (nSPS) is 8.93. The summed E-state index contributed by atoms with van der Waals surface area (Å²) in [4.78, 5) is 14.5. The first-order valence-electron chi connectivity index (χ1n) is 4.40. The Kier molecular flexibility index (Phi) is 5.55. The van der Waals surface area contributed by atoms with Gasteiger partial charge in [0.1, 0.15) is 0 Å². The van der Waals surface area contributed by atoms with Crippen molar-refractivity contribution in [2.75, 3.05) is 7.11 Å². The van der Waals surface area contributed by atoms with E-state index in [9.17, 15) is 4.79 Å². The van der Waals surface area contributed by atoms with Gasteiger partial charge in [-0.25, -0.2) is 4.79 Å². The third-order valence-electron chi connectivity index (χ3n) is 1.49. The second-order valence-electron chi connectivity index (χ2n) is 2.33. The van der Waals surface area contributed by atoms with Crippen LogP contribution in [0.5, 0.6) is 5.88 Å². The highest BCUT2D eigenvalue weighted by Gasteiger charge is 2.05. The molecule has 1 rings (SSSR count). The molecule has 80 valence electrons. The maximum atomic E-state index is 11.0. The monoisotopic (exact) mass is 200 g/mol. The van der Waals surface area contributed by atoms with Gasteiger partial charge < -0.3 is 14.4 Å². The van der Waals surface area contributed by atoms with Crippen LogP contribution in [0.4, 0.5) is 0 Å².